The highest BCUT2D eigenvalue weighted by atomic mass is 15.3. The molecule has 0 bridgehead atoms. The lowest BCUT2D eigenvalue weighted by Crippen LogP contribution is -2.02. The number of rotatable bonds is 23. The van der Waals surface area contributed by atoms with Gasteiger partial charge in [-0.3, -0.25) is 4.68 Å². The number of unbranched alkanes of at least 4 members (excludes halogenated alkanes) is 18. The molecule has 0 aliphatic rings. The van der Waals surface area contributed by atoms with Gasteiger partial charge in [-0.05, 0) is 31.0 Å². The van der Waals surface area contributed by atoms with E-state index in [0.29, 0.717) is 0 Å². The van der Waals surface area contributed by atoms with Crippen molar-refractivity contribution in [3.05, 3.63) is 24.4 Å². The first-order valence-electron chi connectivity index (χ1n) is 15.0. The second kappa shape index (κ2) is 19.8. The molecular formula is C31H55N3. The number of aryl methyl sites for hydroxylation is 1. The van der Waals surface area contributed by atoms with Crippen LogP contribution in [0.1, 0.15) is 142 Å². The van der Waals surface area contributed by atoms with E-state index in [9.17, 15) is 0 Å². The van der Waals surface area contributed by atoms with E-state index in [1.807, 2.05) is 6.20 Å². The van der Waals surface area contributed by atoms with Crippen LogP contribution in [0, 0.1) is 0 Å². The molecule has 0 radical (unpaired) electrons. The summed E-state index contributed by atoms with van der Waals surface area (Å²) in [6.45, 7) is 6.71. The molecule has 2 rings (SSSR count). The third kappa shape index (κ3) is 12.8. The minimum Gasteiger partial charge on any atom is -0.385 e. The lowest BCUT2D eigenvalue weighted by Gasteiger charge is -2.08. The Bertz CT molecular complexity index is 721. The van der Waals surface area contributed by atoms with Crippen LogP contribution in [0.2, 0.25) is 0 Å². The quantitative estimate of drug-likeness (QED) is 0.164. The number of nitrogens with zero attached hydrogens (tertiary/aromatic N) is 2. The summed E-state index contributed by atoms with van der Waals surface area (Å²) in [6, 6.07) is 6.75. The van der Waals surface area contributed by atoms with E-state index in [2.05, 4.69) is 47.1 Å². The van der Waals surface area contributed by atoms with Crippen LogP contribution in [0.15, 0.2) is 24.4 Å². The van der Waals surface area contributed by atoms with Crippen molar-refractivity contribution in [2.24, 2.45) is 0 Å². The molecule has 0 unspecified atom stereocenters. The Balaban J connectivity index is 1.51. The summed E-state index contributed by atoms with van der Waals surface area (Å²) in [7, 11) is 0. The molecule has 0 aliphatic heterocycles. The molecule has 34 heavy (non-hydrogen) atoms. The summed E-state index contributed by atoms with van der Waals surface area (Å²) in [5, 5.41) is 9.55. The summed E-state index contributed by atoms with van der Waals surface area (Å²) in [6.07, 6.45) is 29.8. The molecule has 0 saturated heterocycles. The Morgan fingerprint density at radius 1 is 0.618 bits per heavy atom. The van der Waals surface area contributed by atoms with Crippen LogP contribution in [0.4, 0.5) is 5.69 Å². The molecule has 0 spiro atoms. The largest absolute Gasteiger partial charge is 0.385 e. The minimum absolute atomic E-state index is 1.05. The maximum absolute atomic E-state index is 4.66. The van der Waals surface area contributed by atoms with Crippen LogP contribution >= 0.6 is 0 Å². The standard InChI is InChI=1S/C31H55N3/c1-3-5-7-9-11-13-15-17-19-21-25-32-30-23-24-31-29(27-30)28-33-34(31)26-22-20-18-16-14-12-10-8-6-4-2/h23-24,27-28,32H,3-22,25-26H2,1-2H3. The normalized spacial score (nSPS) is 11.5. The predicted molar refractivity (Wildman–Crippen MR) is 152 cm³/mol. The highest BCUT2D eigenvalue weighted by Gasteiger charge is 2.04. The Labute approximate surface area is 211 Å². The number of anilines is 1. The molecule has 0 amide bonds. The first kappa shape index (κ1) is 28.7. The monoisotopic (exact) mass is 469 g/mol. The van der Waals surface area contributed by atoms with Gasteiger partial charge >= 0.3 is 0 Å². The minimum atomic E-state index is 1.05. The summed E-state index contributed by atoms with van der Waals surface area (Å²) in [5.41, 5.74) is 2.52. The van der Waals surface area contributed by atoms with Gasteiger partial charge in [0.05, 0.1) is 11.7 Å². The fraction of sp³-hybridized carbons (Fsp3) is 0.774. The summed E-state index contributed by atoms with van der Waals surface area (Å²) in [5.74, 6) is 0. The second-order valence-corrected chi connectivity index (χ2v) is 10.4. The molecule has 1 aromatic heterocycles. The van der Waals surface area contributed by atoms with E-state index in [1.165, 1.54) is 145 Å². The smallest absolute Gasteiger partial charge is 0.0683 e. The van der Waals surface area contributed by atoms with Crippen molar-refractivity contribution < 1.29 is 0 Å². The maximum atomic E-state index is 4.66. The van der Waals surface area contributed by atoms with E-state index < -0.39 is 0 Å². The van der Waals surface area contributed by atoms with Gasteiger partial charge in [-0.15, -0.1) is 0 Å². The zero-order valence-corrected chi connectivity index (χ0v) is 22.8. The highest BCUT2D eigenvalue weighted by Crippen LogP contribution is 2.20. The molecule has 0 fully saturated rings. The molecule has 194 valence electrons. The number of fused-ring (bicyclic) bond motifs is 1. The third-order valence-electron chi connectivity index (χ3n) is 7.22. The van der Waals surface area contributed by atoms with Crippen LogP contribution in [-0.4, -0.2) is 16.3 Å². The number of benzene rings is 1. The van der Waals surface area contributed by atoms with Crippen molar-refractivity contribution >= 4 is 16.6 Å². The fourth-order valence-corrected chi connectivity index (χ4v) is 4.97. The van der Waals surface area contributed by atoms with Gasteiger partial charge in [0.1, 0.15) is 0 Å². The van der Waals surface area contributed by atoms with Gasteiger partial charge in [-0.2, -0.15) is 5.10 Å². The fourth-order valence-electron chi connectivity index (χ4n) is 4.97. The maximum Gasteiger partial charge on any atom is 0.0683 e. The van der Waals surface area contributed by atoms with Crippen LogP contribution in [-0.2, 0) is 6.54 Å². The third-order valence-corrected chi connectivity index (χ3v) is 7.22. The first-order chi connectivity index (χ1) is 16.8. The number of nitrogens with one attached hydrogen (secondary N) is 1. The zero-order valence-electron chi connectivity index (χ0n) is 22.8. The molecular weight excluding hydrogens is 414 g/mol. The van der Waals surface area contributed by atoms with E-state index in [4.69, 9.17) is 0 Å². The van der Waals surface area contributed by atoms with Gasteiger partial charge in [-0.25, -0.2) is 0 Å². The SMILES string of the molecule is CCCCCCCCCCCCNc1ccc2c(cnn2CCCCCCCCCCCC)c1. The topological polar surface area (TPSA) is 29.9 Å². The van der Waals surface area contributed by atoms with Crippen molar-refractivity contribution in [2.45, 2.75) is 149 Å². The Morgan fingerprint density at radius 3 is 1.68 bits per heavy atom. The average molecular weight is 470 g/mol. The lowest BCUT2D eigenvalue weighted by molar-refractivity contribution is 0.522. The Morgan fingerprint density at radius 2 is 1.12 bits per heavy atom. The molecule has 3 nitrogen and oxygen atoms in total. The van der Waals surface area contributed by atoms with Gasteiger partial charge in [-0.1, -0.05) is 129 Å². The molecule has 0 saturated carbocycles. The number of hydrogen-bond donors (Lipinski definition) is 1. The lowest BCUT2D eigenvalue weighted by atomic mass is 10.1. The van der Waals surface area contributed by atoms with Crippen molar-refractivity contribution in [3.63, 3.8) is 0 Å². The molecule has 1 heterocycles. The van der Waals surface area contributed by atoms with Gasteiger partial charge in [0.15, 0.2) is 0 Å². The average Bonchev–Trinajstić information content (AvgIpc) is 3.26. The predicted octanol–water partition coefficient (Wildman–Crippen LogP) is 10.3. The van der Waals surface area contributed by atoms with Crippen molar-refractivity contribution in [1.82, 2.24) is 9.78 Å². The van der Waals surface area contributed by atoms with Gasteiger partial charge in [0, 0.05) is 24.2 Å². The van der Waals surface area contributed by atoms with Crippen LogP contribution in [0.3, 0.4) is 0 Å². The number of aromatic nitrogens is 2. The molecule has 1 aromatic carbocycles. The van der Waals surface area contributed by atoms with Gasteiger partial charge in [0.25, 0.3) is 0 Å². The van der Waals surface area contributed by atoms with E-state index in [-0.39, 0.29) is 0 Å². The summed E-state index contributed by atoms with van der Waals surface area (Å²) < 4.78 is 2.20. The Hall–Kier alpha value is -1.51. The van der Waals surface area contributed by atoms with E-state index >= 15 is 0 Å². The second-order valence-electron chi connectivity index (χ2n) is 10.4. The van der Waals surface area contributed by atoms with E-state index in [0.717, 1.165) is 13.1 Å². The van der Waals surface area contributed by atoms with Gasteiger partial charge < -0.3 is 5.32 Å². The molecule has 3 heteroatoms. The number of hydrogen-bond acceptors (Lipinski definition) is 2. The van der Waals surface area contributed by atoms with Crippen LogP contribution in [0.5, 0.6) is 0 Å². The van der Waals surface area contributed by atoms with Crippen molar-refractivity contribution in [3.8, 4) is 0 Å². The highest BCUT2D eigenvalue weighted by molar-refractivity contribution is 5.82. The molecule has 0 atom stereocenters. The summed E-state index contributed by atoms with van der Waals surface area (Å²) >= 11 is 0. The first-order valence-corrected chi connectivity index (χ1v) is 15.0. The molecule has 1 N–H and O–H groups in total. The van der Waals surface area contributed by atoms with Crippen LogP contribution in [0.25, 0.3) is 10.9 Å². The molecule has 2 aromatic rings. The Kier molecular flexibility index (Phi) is 16.7. The van der Waals surface area contributed by atoms with E-state index in [1.54, 1.807) is 0 Å². The molecule has 0 aliphatic carbocycles. The van der Waals surface area contributed by atoms with Crippen molar-refractivity contribution in [1.29, 1.82) is 0 Å². The summed E-state index contributed by atoms with van der Waals surface area (Å²) in [4.78, 5) is 0. The van der Waals surface area contributed by atoms with Crippen molar-refractivity contribution in [2.75, 3.05) is 11.9 Å². The zero-order chi connectivity index (χ0) is 24.1. The van der Waals surface area contributed by atoms with Crippen LogP contribution < -0.4 is 5.32 Å². The van der Waals surface area contributed by atoms with Gasteiger partial charge in [0.2, 0.25) is 0 Å².